The van der Waals surface area contributed by atoms with Crippen LogP contribution in [0.4, 0.5) is 0 Å². The van der Waals surface area contributed by atoms with E-state index in [9.17, 15) is 13.2 Å². The van der Waals surface area contributed by atoms with Gasteiger partial charge in [-0.2, -0.15) is 0 Å². The van der Waals surface area contributed by atoms with Gasteiger partial charge in [0.2, 0.25) is 15.9 Å². The summed E-state index contributed by atoms with van der Waals surface area (Å²) in [6.07, 6.45) is 0. The number of carbonyl (C=O) groups excluding carboxylic acids is 1. The van der Waals surface area contributed by atoms with Crippen molar-refractivity contribution in [2.75, 3.05) is 0 Å². The minimum Gasteiger partial charge on any atom is -0.351 e. The summed E-state index contributed by atoms with van der Waals surface area (Å²) >= 11 is 1.04. The molecule has 1 aromatic carbocycles. The molecule has 8 heteroatoms. The number of benzene rings is 1. The lowest BCUT2D eigenvalue weighted by Crippen LogP contribution is -2.35. The Labute approximate surface area is 139 Å². The first-order valence-electron chi connectivity index (χ1n) is 6.99. The van der Waals surface area contributed by atoms with Gasteiger partial charge in [0.25, 0.3) is 0 Å². The molecule has 0 aliphatic rings. The SMILES string of the molecule is CC(C(=O)NCc1ccc(S(N)(=O)=O)s1)C(N)c1ccccc1. The number of thiophene rings is 1. The van der Waals surface area contributed by atoms with Crippen LogP contribution in [0.25, 0.3) is 0 Å². The van der Waals surface area contributed by atoms with Crippen molar-refractivity contribution in [3.05, 3.63) is 52.9 Å². The molecule has 124 valence electrons. The van der Waals surface area contributed by atoms with Crippen molar-refractivity contribution < 1.29 is 13.2 Å². The Bertz CT molecular complexity index is 772. The number of hydrogen-bond acceptors (Lipinski definition) is 5. The highest BCUT2D eigenvalue weighted by Crippen LogP contribution is 2.21. The molecule has 1 amide bonds. The van der Waals surface area contributed by atoms with Gasteiger partial charge in [-0.15, -0.1) is 11.3 Å². The standard InChI is InChI=1S/C15H19N3O3S2/c1-10(14(16)11-5-3-2-4-6-11)15(19)18-9-12-7-8-13(22-12)23(17,20)21/h2-8,10,14H,9,16H2,1H3,(H,18,19)(H2,17,20,21). The summed E-state index contributed by atoms with van der Waals surface area (Å²) in [5.41, 5.74) is 7.01. The third kappa shape index (κ3) is 4.61. The predicted molar refractivity (Wildman–Crippen MR) is 90.1 cm³/mol. The first-order chi connectivity index (χ1) is 10.8. The molecule has 2 rings (SSSR count). The van der Waals surface area contributed by atoms with Gasteiger partial charge in [0.05, 0.1) is 12.5 Å². The molecule has 2 atom stereocenters. The minimum absolute atomic E-state index is 0.0794. The zero-order chi connectivity index (χ0) is 17.0. The van der Waals surface area contributed by atoms with E-state index in [0.29, 0.717) is 4.88 Å². The number of amides is 1. The van der Waals surface area contributed by atoms with Gasteiger partial charge in [0.15, 0.2) is 0 Å². The van der Waals surface area contributed by atoms with Crippen molar-refractivity contribution >= 4 is 27.3 Å². The molecule has 0 spiro atoms. The lowest BCUT2D eigenvalue weighted by atomic mass is 9.95. The fraction of sp³-hybridized carbons (Fsp3) is 0.267. The van der Waals surface area contributed by atoms with Gasteiger partial charge in [-0.3, -0.25) is 4.79 Å². The van der Waals surface area contributed by atoms with E-state index in [1.165, 1.54) is 6.07 Å². The number of primary sulfonamides is 1. The van der Waals surface area contributed by atoms with E-state index in [-0.39, 0.29) is 16.7 Å². The fourth-order valence-electron chi connectivity index (χ4n) is 2.07. The summed E-state index contributed by atoms with van der Waals surface area (Å²) in [4.78, 5) is 12.9. The van der Waals surface area contributed by atoms with Gasteiger partial charge in [0, 0.05) is 10.9 Å². The van der Waals surface area contributed by atoms with Crippen molar-refractivity contribution in [3.8, 4) is 0 Å². The third-order valence-electron chi connectivity index (χ3n) is 3.49. The van der Waals surface area contributed by atoms with Crippen LogP contribution in [0.2, 0.25) is 0 Å². The smallest absolute Gasteiger partial charge is 0.247 e. The first kappa shape index (κ1) is 17.6. The van der Waals surface area contributed by atoms with Gasteiger partial charge < -0.3 is 11.1 Å². The average molecular weight is 353 g/mol. The van der Waals surface area contributed by atoms with E-state index < -0.39 is 22.0 Å². The van der Waals surface area contributed by atoms with Crippen LogP contribution >= 0.6 is 11.3 Å². The second-order valence-corrected chi connectivity index (χ2v) is 8.17. The summed E-state index contributed by atoms with van der Waals surface area (Å²) in [6.45, 7) is 2.00. The van der Waals surface area contributed by atoms with Gasteiger partial charge >= 0.3 is 0 Å². The van der Waals surface area contributed by atoms with Gasteiger partial charge in [-0.1, -0.05) is 37.3 Å². The zero-order valence-corrected chi connectivity index (χ0v) is 14.2. The number of nitrogens with one attached hydrogen (secondary N) is 1. The van der Waals surface area contributed by atoms with Crippen molar-refractivity contribution in [2.45, 2.75) is 23.7 Å². The molecule has 0 bridgehead atoms. The molecule has 2 unspecified atom stereocenters. The van der Waals surface area contributed by atoms with E-state index in [1.54, 1.807) is 13.0 Å². The molecule has 23 heavy (non-hydrogen) atoms. The van der Waals surface area contributed by atoms with Crippen molar-refractivity contribution in [1.29, 1.82) is 0 Å². The first-order valence-corrected chi connectivity index (χ1v) is 9.35. The van der Waals surface area contributed by atoms with E-state index in [2.05, 4.69) is 5.32 Å². The van der Waals surface area contributed by atoms with E-state index in [1.807, 2.05) is 30.3 Å². The normalized spacial score (nSPS) is 14.2. The molecular weight excluding hydrogens is 334 g/mol. The van der Waals surface area contributed by atoms with E-state index in [4.69, 9.17) is 10.9 Å². The van der Waals surface area contributed by atoms with E-state index >= 15 is 0 Å². The summed E-state index contributed by atoms with van der Waals surface area (Å²) in [6, 6.07) is 12.1. The summed E-state index contributed by atoms with van der Waals surface area (Å²) in [5, 5.41) is 7.83. The third-order valence-corrected chi connectivity index (χ3v) is 6.01. The number of sulfonamides is 1. The highest BCUT2D eigenvalue weighted by atomic mass is 32.2. The highest BCUT2D eigenvalue weighted by molar-refractivity contribution is 7.91. The van der Waals surface area contributed by atoms with Gasteiger partial charge in [-0.05, 0) is 17.7 Å². The van der Waals surface area contributed by atoms with Crippen LogP contribution in [0.3, 0.4) is 0 Å². The second kappa shape index (κ2) is 7.22. The maximum atomic E-state index is 12.2. The maximum Gasteiger partial charge on any atom is 0.247 e. The molecule has 1 aromatic heterocycles. The quantitative estimate of drug-likeness (QED) is 0.727. The van der Waals surface area contributed by atoms with Crippen LogP contribution in [0.5, 0.6) is 0 Å². The summed E-state index contributed by atoms with van der Waals surface area (Å²) < 4.78 is 22.5. The van der Waals surface area contributed by atoms with Crippen LogP contribution in [-0.2, 0) is 21.4 Å². The number of hydrogen-bond donors (Lipinski definition) is 3. The minimum atomic E-state index is -3.70. The largest absolute Gasteiger partial charge is 0.351 e. The molecule has 0 fully saturated rings. The lowest BCUT2D eigenvalue weighted by molar-refractivity contribution is -0.125. The van der Waals surface area contributed by atoms with Crippen LogP contribution in [-0.4, -0.2) is 14.3 Å². The molecule has 1 heterocycles. The van der Waals surface area contributed by atoms with Crippen LogP contribution < -0.4 is 16.2 Å². The Kier molecular flexibility index (Phi) is 5.53. The molecule has 6 nitrogen and oxygen atoms in total. The molecule has 2 aromatic rings. The van der Waals surface area contributed by atoms with Crippen LogP contribution in [0, 0.1) is 5.92 Å². The molecule has 5 N–H and O–H groups in total. The fourth-order valence-corrected chi connectivity index (χ4v) is 3.79. The summed E-state index contributed by atoms with van der Waals surface area (Å²) in [5.74, 6) is -0.595. The molecule has 0 saturated carbocycles. The number of carbonyl (C=O) groups is 1. The van der Waals surface area contributed by atoms with Gasteiger partial charge in [0.1, 0.15) is 4.21 Å². The van der Waals surface area contributed by atoms with Crippen LogP contribution in [0.15, 0.2) is 46.7 Å². The Balaban J connectivity index is 1.95. The topological polar surface area (TPSA) is 115 Å². The predicted octanol–water partition coefficient (Wildman–Crippen LogP) is 1.35. The van der Waals surface area contributed by atoms with Crippen molar-refractivity contribution in [1.82, 2.24) is 5.32 Å². The summed E-state index contributed by atoms with van der Waals surface area (Å²) in [7, 11) is -3.70. The monoisotopic (exact) mass is 353 g/mol. The molecule has 0 aliphatic heterocycles. The Morgan fingerprint density at radius 2 is 1.87 bits per heavy atom. The van der Waals surface area contributed by atoms with Gasteiger partial charge in [-0.25, -0.2) is 13.6 Å². The number of rotatable bonds is 6. The van der Waals surface area contributed by atoms with E-state index in [0.717, 1.165) is 16.9 Å². The molecule has 0 radical (unpaired) electrons. The Morgan fingerprint density at radius 1 is 1.22 bits per heavy atom. The van der Waals surface area contributed by atoms with Crippen molar-refractivity contribution in [2.24, 2.45) is 16.8 Å². The highest BCUT2D eigenvalue weighted by Gasteiger charge is 2.22. The second-order valence-electron chi connectivity index (χ2n) is 5.21. The zero-order valence-electron chi connectivity index (χ0n) is 12.6. The molecular formula is C15H19N3O3S2. The van der Waals surface area contributed by atoms with Crippen LogP contribution in [0.1, 0.15) is 23.4 Å². The lowest BCUT2D eigenvalue weighted by Gasteiger charge is -2.19. The Hall–Kier alpha value is -1.74. The molecule has 0 saturated heterocycles. The molecule has 0 aliphatic carbocycles. The average Bonchev–Trinajstić information content (AvgIpc) is 3.01. The maximum absolute atomic E-state index is 12.2. The Morgan fingerprint density at radius 3 is 2.43 bits per heavy atom. The van der Waals surface area contributed by atoms with Crippen molar-refractivity contribution in [3.63, 3.8) is 0 Å². The number of nitrogens with two attached hydrogens (primary N) is 2.